The summed E-state index contributed by atoms with van der Waals surface area (Å²) in [5.41, 5.74) is 3.98. The summed E-state index contributed by atoms with van der Waals surface area (Å²) in [4.78, 5) is 0. The fraction of sp³-hybridized carbons (Fsp3) is 0.478. The van der Waals surface area contributed by atoms with E-state index < -0.39 is 0 Å². The second-order valence-electron chi connectivity index (χ2n) is 6.91. The monoisotopic (exact) mass is 326 g/mol. The zero-order valence-corrected chi connectivity index (χ0v) is 15.3. The average Bonchev–Trinajstić information content (AvgIpc) is 2.58. The molecule has 1 heteroatoms. The topological polar surface area (TPSA) is 0 Å². The first-order valence-electron chi connectivity index (χ1n) is 9.56. The number of hydrogen-bond acceptors (Lipinski definition) is 0. The van der Waals surface area contributed by atoms with Crippen molar-refractivity contribution in [2.45, 2.75) is 71.6 Å². The Morgan fingerprint density at radius 3 is 2.00 bits per heavy atom. The molecule has 0 fully saturated rings. The zero-order valence-electron chi connectivity index (χ0n) is 15.3. The molecule has 0 heterocycles. The minimum Gasteiger partial charge on any atom is -0.206 e. The van der Waals surface area contributed by atoms with Crippen LogP contribution in [0.15, 0.2) is 42.5 Å². The first-order chi connectivity index (χ1) is 11.7. The number of aryl methyl sites for hydroxylation is 2. The quantitative estimate of drug-likeness (QED) is 0.397. The van der Waals surface area contributed by atoms with Gasteiger partial charge in [-0.05, 0) is 42.5 Å². The van der Waals surface area contributed by atoms with Gasteiger partial charge in [0.2, 0.25) is 0 Å². The van der Waals surface area contributed by atoms with Crippen molar-refractivity contribution < 1.29 is 4.39 Å². The lowest BCUT2D eigenvalue weighted by Gasteiger charge is -2.07. The maximum atomic E-state index is 14.0. The summed E-state index contributed by atoms with van der Waals surface area (Å²) < 4.78 is 14.0. The molecule has 0 atom stereocenters. The highest BCUT2D eigenvalue weighted by molar-refractivity contribution is 5.64. The van der Waals surface area contributed by atoms with Gasteiger partial charge in [-0.25, -0.2) is 4.39 Å². The lowest BCUT2D eigenvalue weighted by molar-refractivity contribution is 0.575. The van der Waals surface area contributed by atoms with Crippen LogP contribution in [0.4, 0.5) is 4.39 Å². The van der Waals surface area contributed by atoms with Crippen LogP contribution < -0.4 is 0 Å². The molecule has 0 aromatic heterocycles. The first kappa shape index (κ1) is 18.7. The SMILES string of the molecule is CCCCCCCCCCc1ccc(-c2ccc(C)cc2F)cc1. The van der Waals surface area contributed by atoms with Gasteiger partial charge in [0.1, 0.15) is 5.82 Å². The normalized spacial score (nSPS) is 11.0. The van der Waals surface area contributed by atoms with Crippen molar-refractivity contribution in [2.75, 3.05) is 0 Å². The third-order valence-corrected chi connectivity index (χ3v) is 4.71. The Bertz CT molecular complexity index is 598. The van der Waals surface area contributed by atoms with Crippen LogP contribution in [0.3, 0.4) is 0 Å². The van der Waals surface area contributed by atoms with Gasteiger partial charge >= 0.3 is 0 Å². The van der Waals surface area contributed by atoms with Crippen LogP contribution in [0.1, 0.15) is 69.4 Å². The lowest BCUT2D eigenvalue weighted by atomic mass is 9.99. The standard InChI is InChI=1S/C23H31F/c1-3-4-5-6-7-8-9-10-11-20-13-15-21(16-14-20)22-17-12-19(2)18-23(22)24/h12-18H,3-11H2,1-2H3. The fourth-order valence-electron chi connectivity index (χ4n) is 3.17. The molecule has 2 aromatic rings. The summed E-state index contributed by atoms with van der Waals surface area (Å²) in [5, 5.41) is 0. The van der Waals surface area contributed by atoms with Crippen LogP contribution in [0.25, 0.3) is 11.1 Å². The summed E-state index contributed by atoms with van der Waals surface area (Å²) in [5.74, 6) is -0.133. The molecule has 2 rings (SSSR count). The predicted octanol–water partition coefficient (Wildman–Crippen LogP) is 7.48. The minimum absolute atomic E-state index is 0.133. The fourth-order valence-corrected chi connectivity index (χ4v) is 3.17. The van der Waals surface area contributed by atoms with Crippen molar-refractivity contribution in [1.29, 1.82) is 0 Å². The number of benzene rings is 2. The van der Waals surface area contributed by atoms with Crippen LogP contribution in [0, 0.1) is 12.7 Å². The third-order valence-electron chi connectivity index (χ3n) is 4.71. The molecule has 0 unspecified atom stereocenters. The molecule has 0 bridgehead atoms. The summed E-state index contributed by atoms with van der Waals surface area (Å²) in [6.45, 7) is 4.18. The largest absolute Gasteiger partial charge is 0.206 e. The molecule has 0 spiro atoms. The van der Waals surface area contributed by atoms with E-state index in [4.69, 9.17) is 0 Å². The third kappa shape index (κ3) is 6.11. The van der Waals surface area contributed by atoms with E-state index in [0.29, 0.717) is 5.56 Å². The number of rotatable bonds is 10. The van der Waals surface area contributed by atoms with Crippen molar-refractivity contribution in [1.82, 2.24) is 0 Å². The van der Waals surface area contributed by atoms with Crippen molar-refractivity contribution in [3.63, 3.8) is 0 Å². The first-order valence-corrected chi connectivity index (χ1v) is 9.56. The number of unbranched alkanes of at least 4 members (excludes halogenated alkanes) is 7. The van der Waals surface area contributed by atoms with Crippen molar-refractivity contribution >= 4 is 0 Å². The van der Waals surface area contributed by atoms with Gasteiger partial charge in [0.25, 0.3) is 0 Å². The van der Waals surface area contributed by atoms with Gasteiger partial charge in [0.15, 0.2) is 0 Å². The molecule has 2 aromatic carbocycles. The van der Waals surface area contributed by atoms with Gasteiger partial charge in [-0.15, -0.1) is 0 Å². The van der Waals surface area contributed by atoms with Crippen LogP contribution in [0.2, 0.25) is 0 Å². The van der Waals surface area contributed by atoms with E-state index in [0.717, 1.165) is 17.5 Å². The molecule has 0 N–H and O–H groups in total. The van der Waals surface area contributed by atoms with Crippen LogP contribution in [-0.2, 0) is 6.42 Å². The van der Waals surface area contributed by atoms with Gasteiger partial charge in [-0.1, -0.05) is 88.3 Å². The van der Waals surface area contributed by atoms with Gasteiger partial charge in [-0.2, -0.15) is 0 Å². The van der Waals surface area contributed by atoms with E-state index >= 15 is 0 Å². The van der Waals surface area contributed by atoms with Gasteiger partial charge < -0.3 is 0 Å². The highest BCUT2D eigenvalue weighted by Gasteiger charge is 2.05. The predicted molar refractivity (Wildman–Crippen MR) is 103 cm³/mol. The lowest BCUT2D eigenvalue weighted by Crippen LogP contribution is -1.89. The van der Waals surface area contributed by atoms with E-state index in [9.17, 15) is 4.39 Å². The van der Waals surface area contributed by atoms with Crippen LogP contribution in [0.5, 0.6) is 0 Å². The van der Waals surface area contributed by atoms with E-state index in [-0.39, 0.29) is 5.82 Å². The Kier molecular flexibility index (Phi) is 8.01. The van der Waals surface area contributed by atoms with Crippen LogP contribution in [-0.4, -0.2) is 0 Å². The summed E-state index contributed by atoms with van der Waals surface area (Å²) in [6.07, 6.45) is 11.9. The van der Waals surface area contributed by atoms with E-state index in [2.05, 4.69) is 19.1 Å². The molecular weight excluding hydrogens is 295 g/mol. The molecule has 0 aliphatic rings. The average molecular weight is 326 g/mol. The second-order valence-corrected chi connectivity index (χ2v) is 6.91. The Morgan fingerprint density at radius 2 is 1.38 bits per heavy atom. The Morgan fingerprint density at radius 1 is 0.750 bits per heavy atom. The zero-order chi connectivity index (χ0) is 17.2. The van der Waals surface area contributed by atoms with E-state index in [1.807, 2.05) is 31.2 Å². The second kappa shape index (κ2) is 10.3. The van der Waals surface area contributed by atoms with Gasteiger partial charge in [0.05, 0.1) is 0 Å². The molecule has 0 aliphatic carbocycles. The van der Waals surface area contributed by atoms with Crippen molar-refractivity contribution in [3.05, 3.63) is 59.4 Å². The Labute approximate surface area is 147 Å². The summed E-state index contributed by atoms with van der Waals surface area (Å²) >= 11 is 0. The molecule has 24 heavy (non-hydrogen) atoms. The Hall–Kier alpha value is -1.63. The summed E-state index contributed by atoms with van der Waals surface area (Å²) in [6, 6.07) is 13.8. The number of halogens is 1. The van der Waals surface area contributed by atoms with E-state index in [1.165, 1.54) is 56.9 Å². The molecular formula is C23H31F. The molecule has 0 radical (unpaired) electrons. The smallest absolute Gasteiger partial charge is 0.131 e. The van der Waals surface area contributed by atoms with Gasteiger partial charge in [-0.3, -0.25) is 0 Å². The number of hydrogen-bond donors (Lipinski definition) is 0. The van der Waals surface area contributed by atoms with E-state index in [1.54, 1.807) is 6.07 Å². The minimum atomic E-state index is -0.133. The molecule has 0 amide bonds. The summed E-state index contributed by atoms with van der Waals surface area (Å²) in [7, 11) is 0. The van der Waals surface area contributed by atoms with Crippen molar-refractivity contribution in [2.24, 2.45) is 0 Å². The maximum Gasteiger partial charge on any atom is 0.131 e. The molecule has 0 nitrogen and oxygen atoms in total. The molecule has 0 saturated carbocycles. The molecule has 130 valence electrons. The highest BCUT2D eigenvalue weighted by Crippen LogP contribution is 2.24. The molecule has 0 saturated heterocycles. The van der Waals surface area contributed by atoms with Crippen molar-refractivity contribution in [3.8, 4) is 11.1 Å². The van der Waals surface area contributed by atoms with Crippen LogP contribution >= 0.6 is 0 Å². The maximum absolute atomic E-state index is 14.0. The van der Waals surface area contributed by atoms with Gasteiger partial charge in [0, 0.05) is 5.56 Å². The Balaban J connectivity index is 1.74. The highest BCUT2D eigenvalue weighted by atomic mass is 19.1. The molecule has 0 aliphatic heterocycles.